The average molecular weight is 514 g/mol. The van der Waals surface area contributed by atoms with Crippen molar-refractivity contribution >= 4 is 11.9 Å². The third-order valence-electron chi connectivity index (χ3n) is 6.10. The van der Waals surface area contributed by atoms with Crippen molar-refractivity contribution in [3.63, 3.8) is 0 Å². The highest BCUT2D eigenvalue weighted by atomic mass is 19.4. The maximum atomic E-state index is 12.8. The molecule has 1 atom stereocenters. The fourth-order valence-corrected chi connectivity index (χ4v) is 3.75. The van der Waals surface area contributed by atoms with Gasteiger partial charge in [0.05, 0.1) is 18.1 Å². The third-order valence-corrected chi connectivity index (χ3v) is 6.10. The van der Waals surface area contributed by atoms with Crippen LogP contribution in [0, 0.1) is 12.8 Å². The number of rotatable bonds is 11. The molecule has 1 amide bonds. The fourth-order valence-electron chi connectivity index (χ4n) is 3.75. The van der Waals surface area contributed by atoms with Crippen LogP contribution in [-0.4, -0.2) is 30.1 Å². The van der Waals surface area contributed by atoms with Gasteiger partial charge in [0, 0.05) is 12.1 Å². The zero-order chi connectivity index (χ0) is 27.0. The van der Waals surface area contributed by atoms with Gasteiger partial charge in [-0.25, -0.2) is 0 Å². The van der Waals surface area contributed by atoms with Gasteiger partial charge in [0.15, 0.2) is 0 Å². The predicted octanol–water partition coefficient (Wildman–Crippen LogP) is 6.53. The molecule has 0 aliphatic carbocycles. The number of aliphatic carboxylic acids is 1. The van der Waals surface area contributed by atoms with Crippen LogP contribution in [0.25, 0.3) is 11.1 Å². The zero-order valence-corrected chi connectivity index (χ0v) is 20.8. The Morgan fingerprint density at radius 3 is 2.19 bits per heavy atom. The summed E-state index contributed by atoms with van der Waals surface area (Å²) in [5.74, 6) is -1.31. The molecule has 0 heterocycles. The number of carboxylic acid groups (broad SMARTS) is 1. The van der Waals surface area contributed by atoms with Crippen LogP contribution in [0.2, 0.25) is 0 Å². The van der Waals surface area contributed by atoms with E-state index < -0.39 is 23.6 Å². The van der Waals surface area contributed by atoms with Gasteiger partial charge < -0.3 is 15.2 Å². The Balaban J connectivity index is 1.42. The summed E-state index contributed by atoms with van der Waals surface area (Å²) in [4.78, 5) is 23.0. The van der Waals surface area contributed by atoms with E-state index >= 15 is 0 Å². The molecule has 0 saturated heterocycles. The molecule has 37 heavy (non-hydrogen) atoms. The first-order valence-electron chi connectivity index (χ1n) is 12.1. The van der Waals surface area contributed by atoms with E-state index in [1.54, 1.807) is 24.3 Å². The molecular formula is C29H30F3NO4. The summed E-state index contributed by atoms with van der Waals surface area (Å²) in [5, 5.41) is 11.5. The van der Waals surface area contributed by atoms with E-state index in [2.05, 4.69) is 5.32 Å². The van der Waals surface area contributed by atoms with Crippen LogP contribution < -0.4 is 10.1 Å². The molecule has 8 heteroatoms. The monoisotopic (exact) mass is 513 g/mol. The number of unbranched alkanes of at least 4 members (excludes halogenated alkanes) is 1. The van der Waals surface area contributed by atoms with Gasteiger partial charge in [0.25, 0.3) is 5.91 Å². The minimum atomic E-state index is -4.34. The Labute approximate surface area is 214 Å². The summed E-state index contributed by atoms with van der Waals surface area (Å²) in [6.45, 7) is 4.10. The number of ether oxygens (including phenoxy) is 1. The van der Waals surface area contributed by atoms with Crippen molar-refractivity contribution in [1.29, 1.82) is 0 Å². The number of nitrogens with one attached hydrogen (secondary N) is 1. The van der Waals surface area contributed by atoms with E-state index in [0.717, 1.165) is 48.1 Å². The first kappa shape index (κ1) is 27.8. The lowest BCUT2D eigenvalue weighted by molar-refractivity contribution is -0.141. The van der Waals surface area contributed by atoms with Crippen LogP contribution in [0.1, 0.15) is 46.8 Å². The Kier molecular flexibility index (Phi) is 9.33. The second kappa shape index (κ2) is 12.4. The van der Waals surface area contributed by atoms with E-state index in [1.165, 1.54) is 24.6 Å². The van der Waals surface area contributed by atoms with Crippen molar-refractivity contribution < 1.29 is 32.6 Å². The highest BCUT2D eigenvalue weighted by Crippen LogP contribution is 2.31. The smallest absolute Gasteiger partial charge is 0.416 e. The molecule has 0 spiro atoms. The molecule has 0 bridgehead atoms. The van der Waals surface area contributed by atoms with Crippen LogP contribution in [0.4, 0.5) is 13.2 Å². The number of hydrogen-bond acceptors (Lipinski definition) is 3. The maximum absolute atomic E-state index is 12.8. The molecule has 0 radical (unpaired) electrons. The van der Waals surface area contributed by atoms with E-state index in [0.29, 0.717) is 17.9 Å². The van der Waals surface area contributed by atoms with Crippen molar-refractivity contribution in [2.45, 2.75) is 39.3 Å². The van der Waals surface area contributed by atoms with Crippen molar-refractivity contribution in [2.24, 2.45) is 5.92 Å². The number of alkyl halides is 3. The van der Waals surface area contributed by atoms with Crippen molar-refractivity contribution in [1.82, 2.24) is 5.32 Å². The van der Waals surface area contributed by atoms with Crippen LogP contribution >= 0.6 is 0 Å². The molecule has 0 fully saturated rings. The van der Waals surface area contributed by atoms with Gasteiger partial charge in [-0.1, -0.05) is 37.3 Å². The predicted molar refractivity (Wildman–Crippen MR) is 136 cm³/mol. The number of benzene rings is 3. The minimum absolute atomic E-state index is 0.0592. The molecule has 2 N–H and O–H groups in total. The number of hydrogen-bond donors (Lipinski definition) is 2. The minimum Gasteiger partial charge on any atom is -0.494 e. The summed E-state index contributed by atoms with van der Waals surface area (Å²) < 4.78 is 44.1. The molecule has 5 nitrogen and oxygen atoms in total. The number of aryl methyl sites for hydroxylation is 2. The van der Waals surface area contributed by atoms with Gasteiger partial charge in [0.2, 0.25) is 0 Å². The fraction of sp³-hybridized carbons (Fsp3) is 0.310. The van der Waals surface area contributed by atoms with Gasteiger partial charge in [0.1, 0.15) is 5.75 Å². The maximum Gasteiger partial charge on any atom is 0.416 e. The lowest BCUT2D eigenvalue weighted by Crippen LogP contribution is -2.31. The number of carboxylic acids is 1. The molecule has 196 valence electrons. The molecule has 3 aromatic carbocycles. The molecule has 0 unspecified atom stereocenters. The quantitative estimate of drug-likeness (QED) is 0.286. The van der Waals surface area contributed by atoms with Crippen molar-refractivity contribution in [2.75, 3.05) is 13.2 Å². The second-order valence-corrected chi connectivity index (χ2v) is 9.00. The summed E-state index contributed by atoms with van der Waals surface area (Å²) in [6, 6.07) is 17.8. The van der Waals surface area contributed by atoms with E-state index in [-0.39, 0.29) is 12.5 Å². The lowest BCUT2D eigenvalue weighted by atomic mass is 9.96. The first-order chi connectivity index (χ1) is 17.5. The second-order valence-electron chi connectivity index (χ2n) is 9.00. The Morgan fingerprint density at radius 2 is 1.59 bits per heavy atom. The van der Waals surface area contributed by atoms with E-state index in [4.69, 9.17) is 9.84 Å². The topological polar surface area (TPSA) is 75.6 Å². The third kappa shape index (κ3) is 8.10. The van der Waals surface area contributed by atoms with E-state index in [9.17, 15) is 22.8 Å². The summed E-state index contributed by atoms with van der Waals surface area (Å²) in [5.41, 5.74) is 3.67. The summed E-state index contributed by atoms with van der Waals surface area (Å²) >= 11 is 0. The lowest BCUT2D eigenvalue weighted by Gasteiger charge is -2.11. The molecular weight excluding hydrogens is 483 g/mol. The van der Waals surface area contributed by atoms with Gasteiger partial charge >= 0.3 is 12.1 Å². The first-order valence-corrected chi connectivity index (χ1v) is 12.1. The molecule has 0 aromatic heterocycles. The molecule has 0 aliphatic heterocycles. The molecule has 3 aromatic rings. The zero-order valence-electron chi connectivity index (χ0n) is 20.8. The van der Waals surface area contributed by atoms with Crippen molar-refractivity contribution in [3.8, 4) is 16.9 Å². The normalized spacial score (nSPS) is 12.1. The van der Waals surface area contributed by atoms with Gasteiger partial charge in [-0.3, -0.25) is 9.59 Å². The van der Waals surface area contributed by atoms with Crippen molar-refractivity contribution in [3.05, 3.63) is 89.0 Å². The van der Waals surface area contributed by atoms with Gasteiger partial charge in [-0.05, 0) is 84.8 Å². The standard InChI is InChI=1S/C29H30F3NO4/c1-19-17-24(22-8-12-25(13-9-22)29(30,31)32)7-6-21(19)5-3-4-16-37-26-14-10-23(11-15-26)27(34)33-18-20(2)28(35)36/h6-15,17,20H,3-5,16,18H2,1-2H3,(H,33,34)(H,35,36)/t20-/m1/s1. The van der Waals surface area contributed by atoms with Crippen LogP contribution in [0.5, 0.6) is 5.75 Å². The number of halogens is 3. The largest absolute Gasteiger partial charge is 0.494 e. The van der Waals surface area contributed by atoms with E-state index in [1.807, 2.05) is 25.1 Å². The number of amides is 1. The summed E-state index contributed by atoms with van der Waals surface area (Å²) in [7, 11) is 0. The van der Waals surface area contributed by atoms with Crippen LogP contribution in [0.3, 0.4) is 0 Å². The number of carbonyl (C=O) groups is 2. The average Bonchev–Trinajstić information content (AvgIpc) is 2.87. The van der Waals surface area contributed by atoms with Gasteiger partial charge in [-0.15, -0.1) is 0 Å². The highest BCUT2D eigenvalue weighted by Gasteiger charge is 2.30. The molecule has 0 saturated carbocycles. The number of carbonyl (C=O) groups excluding carboxylic acids is 1. The molecule has 3 rings (SSSR count). The van der Waals surface area contributed by atoms with Crippen LogP contribution in [-0.2, 0) is 17.4 Å². The highest BCUT2D eigenvalue weighted by molar-refractivity contribution is 5.94. The Morgan fingerprint density at radius 1 is 0.946 bits per heavy atom. The van der Waals surface area contributed by atoms with Crippen LogP contribution in [0.15, 0.2) is 66.7 Å². The molecule has 0 aliphatic rings. The summed E-state index contributed by atoms with van der Waals surface area (Å²) in [6.07, 6.45) is -1.75. The Bertz CT molecular complexity index is 1210. The van der Waals surface area contributed by atoms with Gasteiger partial charge in [-0.2, -0.15) is 13.2 Å². The SMILES string of the molecule is Cc1cc(-c2ccc(C(F)(F)F)cc2)ccc1CCCCOc1ccc(C(=O)NC[C@@H](C)C(=O)O)cc1. The Hall–Kier alpha value is -3.81.